The first-order valence-electron chi connectivity index (χ1n) is 12.9. The Kier molecular flexibility index (Phi) is 5.19. The van der Waals surface area contributed by atoms with Gasteiger partial charge in [0, 0.05) is 22.6 Å². The van der Waals surface area contributed by atoms with Crippen molar-refractivity contribution in [1.82, 2.24) is 14.9 Å². The number of rotatable bonds is 3. The molecule has 0 spiro atoms. The summed E-state index contributed by atoms with van der Waals surface area (Å²) in [5, 5.41) is 25.5. The molecule has 0 saturated heterocycles. The van der Waals surface area contributed by atoms with Gasteiger partial charge in [-0.15, -0.1) is 0 Å². The molecule has 38 heavy (non-hydrogen) atoms. The van der Waals surface area contributed by atoms with Crippen LogP contribution in [-0.4, -0.2) is 31.3 Å². The molecule has 0 bridgehead atoms. The number of fused-ring (bicyclic) bond motifs is 5. The lowest BCUT2D eigenvalue weighted by Gasteiger charge is -2.35. The molecule has 3 aliphatic rings. The van der Waals surface area contributed by atoms with Gasteiger partial charge in [-0.1, -0.05) is 13.5 Å². The lowest BCUT2D eigenvalue weighted by Crippen LogP contribution is -2.44. The fourth-order valence-corrected chi connectivity index (χ4v) is 6.15. The predicted octanol–water partition coefficient (Wildman–Crippen LogP) is 3.39. The number of nitrogens with one attached hydrogen (secondary N) is 1. The number of amides is 1. The van der Waals surface area contributed by atoms with Crippen LogP contribution >= 0.6 is 0 Å². The van der Waals surface area contributed by atoms with Gasteiger partial charge in [0.1, 0.15) is 29.4 Å². The Bertz CT molecular complexity index is 1650. The number of hydrogen-bond acceptors (Lipinski definition) is 6. The zero-order valence-electron chi connectivity index (χ0n) is 21.9. The number of benzene rings is 1. The molecule has 3 aromatic rings. The summed E-state index contributed by atoms with van der Waals surface area (Å²) >= 11 is 0. The molecule has 3 N–H and O–H groups in total. The van der Waals surface area contributed by atoms with Crippen LogP contribution < -0.4 is 10.9 Å². The highest BCUT2D eigenvalue weighted by molar-refractivity contribution is 5.94. The molecule has 2 aromatic heterocycles. The number of carbonyl (C=O) groups excluding carboxylic acids is 1. The van der Waals surface area contributed by atoms with Crippen LogP contribution in [0, 0.1) is 12.7 Å². The molecule has 2 atom stereocenters. The second-order valence-corrected chi connectivity index (χ2v) is 11.1. The number of hydrogen-bond donors (Lipinski definition) is 3. The van der Waals surface area contributed by atoms with E-state index in [0.717, 1.165) is 22.1 Å². The summed E-state index contributed by atoms with van der Waals surface area (Å²) in [6.07, 6.45) is 1.31. The first kappa shape index (κ1) is 24.8. The van der Waals surface area contributed by atoms with Crippen molar-refractivity contribution in [2.24, 2.45) is 0 Å². The number of aromatic nitrogens is 2. The average Bonchev–Trinajstić information content (AvgIpc) is 3.23. The van der Waals surface area contributed by atoms with Gasteiger partial charge in [0.2, 0.25) is 0 Å². The summed E-state index contributed by atoms with van der Waals surface area (Å²) < 4.78 is 22.2. The normalized spacial score (nSPS) is 21.6. The molecule has 1 aromatic carbocycles. The maximum absolute atomic E-state index is 15.0. The topological polar surface area (TPSA) is 114 Å². The fraction of sp³-hybridized carbons (Fsp3) is 0.414. The third-order valence-corrected chi connectivity index (χ3v) is 8.41. The van der Waals surface area contributed by atoms with E-state index in [1.54, 1.807) is 24.5 Å². The number of pyridine rings is 2. The Hall–Kier alpha value is -3.56. The van der Waals surface area contributed by atoms with E-state index in [9.17, 15) is 24.2 Å². The van der Waals surface area contributed by atoms with Gasteiger partial charge >= 0.3 is 0 Å². The minimum absolute atomic E-state index is 0.00696. The standard InChI is InChI=1S/C29H30FN3O5/c1-6-29(37)14(3)38-12-17-18(29)9-22-25-16(11-33(22)26(17)34)24-20(32-27(35)28(4,5)36)8-7-15-13(2)19(30)10-21(31-25)23(15)24/h9-10,20,36-37H,3,6-8,11-12H2,1-2,4-5H3,(H,32,35)/t20-,29+/m0/s1. The number of nitrogens with zero attached hydrogens (tertiary/aromatic N) is 2. The zero-order chi connectivity index (χ0) is 27.3. The molecule has 9 heteroatoms. The molecule has 6 rings (SSSR count). The number of aliphatic hydroxyl groups is 2. The van der Waals surface area contributed by atoms with E-state index in [1.165, 1.54) is 19.9 Å². The van der Waals surface area contributed by atoms with Gasteiger partial charge in [-0.25, -0.2) is 9.37 Å². The molecule has 8 nitrogen and oxygen atoms in total. The largest absolute Gasteiger partial charge is 0.490 e. The van der Waals surface area contributed by atoms with E-state index in [4.69, 9.17) is 9.72 Å². The summed E-state index contributed by atoms with van der Waals surface area (Å²) in [6.45, 7) is 10.5. The Balaban J connectivity index is 1.64. The third-order valence-electron chi connectivity index (χ3n) is 8.41. The predicted molar refractivity (Wildman–Crippen MR) is 139 cm³/mol. The van der Waals surface area contributed by atoms with E-state index in [1.807, 2.05) is 0 Å². The van der Waals surface area contributed by atoms with E-state index >= 15 is 0 Å². The SMILES string of the molecule is C=C1OCc2c(cc3n(c2=O)Cc2c-3nc3cc(F)c(C)c4c3c2[C@@H](NC(=O)C(C)(C)O)CC4)[C@@]1(O)CC. The number of halogens is 1. The lowest BCUT2D eigenvalue weighted by atomic mass is 9.81. The summed E-state index contributed by atoms with van der Waals surface area (Å²) in [5.41, 5.74) is 1.83. The zero-order valence-corrected chi connectivity index (χ0v) is 21.9. The van der Waals surface area contributed by atoms with Crippen LogP contribution in [0.1, 0.15) is 73.0 Å². The fourth-order valence-electron chi connectivity index (χ4n) is 6.15. The molecule has 1 amide bonds. The quantitative estimate of drug-likeness (QED) is 0.383. The molecule has 0 radical (unpaired) electrons. The molecule has 0 saturated carbocycles. The first-order chi connectivity index (χ1) is 17.9. The van der Waals surface area contributed by atoms with Crippen LogP contribution in [0.25, 0.3) is 22.3 Å². The second-order valence-electron chi connectivity index (χ2n) is 11.1. The van der Waals surface area contributed by atoms with Gasteiger partial charge in [-0.2, -0.15) is 0 Å². The van der Waals surface area contributed by atoms with Crippen molar-refractivity contribution >= 4 is 16.8 Å². The average molecular weight is 520 g/mol. The maximum Gasteiger partial charge on any atom is 0.258 e. The van der Waals surface area contributed by atoms with Crippen LogP contribution in [0.4, 0.5) is 4.39 Å². The van der Waals surface area contributed by atoms with Gasteiger partial charge in [-0.05, 0) is 62.8 Å². The van der Waals surface area contributed by atoms with Gasteiger partial charge in [0.05, 0.1) is 35.1 Å². The van der Waals surface area contributed by atoms with Crippen molar-refractivity contribution in [1.29, 1.82) is 0 Å². The van der Waals surface area contributed by atoms with Gasteiger partial charge in [0.15, 0.2) is 0 Å². The van der Waals surface area contributed by atoms with Gasteiger partial charge < -0.3 is 24.8 Å². The van der Waals surface area contributed by atoms with Crippen molar-refractivity contribution in [2.75, 3.05) is 0 Å². The molecule has 198 valence electrons. The Morgan fingerprint density at radius 1 is 1.34 bits per heavy atom. The van der Waals surface area contributed by atoms with E-state index in [0.29, 0.717) is 46.4 Å². The van der Waals surface area contributed by atoms with Crippen LogP contribution in [0.3, 0.4) is 0 Å². The summed E-state index contributed by atoms with van der Waals surface area (Å²) in [7, 11) is 0. The van der Waals surface area contributed by atoms with E-state index in [-0.39, 0.29) is 36.7 Å². The Morgan fingerprint density at radius 3 is 2.76 bits per heavy atom. The molecule has 0 fully saturated rings. The highest BCUT2D eigenvalue weighted by Gasteiger charge is 2.42. The van der Waals surface area contributed by atoms with Crippen molar-refractivity contribution in [3.63, 3.8) is 0 Å². The molecule has 4 heterocycles. The number of carbonyl (C=O) groups is 1. The summed E-state index contributed by atoms with van der Waals surface area (Å²) in [5.74, 6) is -0.692. The molecular weight excluding hydrogens is 489 g/mol. The van der Waals surface area contributed by atoms with Gasteiger partial charge in [-0.3, -0.25) is 9.59 Å². The van der Waals surface area contributed by atoms with Crippen molar-refractivity contribution < 1.29 is 24.1 Å². The van der Waals surface area contributed by atoms with Crippen molar-refractivity contribution in [2.45, 2.75) is 77.4 Å². The van der Waals surface area contributed by atoms with Crippen LogP contribution in [-0.2, 0) is 34.7 Å². The highest BCUT2D eigenvalue weighted by atomic mass is 19.1. The molecule has 0 unspecified atom stereocenters. The first-order valence-corrected chi connectivity index (χ1v) is 12.9. The number of aryl methyl sites for hydroxylation is 1. The highest BCUT2D eigenvalue weighted by Crippen LogP contribution is 2.46. The van der Waals surface area contributed by atoms with Crippen molar-refractivity contribution in [3.8, 4) is 11.4 Å². The van der Waals surface area contributed by atoms with Crippen molar-refractivity contribution in [3.05, 3.63) is 74.0 Å². The minimum atomic E-state index is -1.58. The van der Waals surface area contributed by atoms with Crippen LogP contribution in [0.15, 0.2) is 29.3 Å². The minimum Gasteiger partial charge on any atom is -0.490 e. The summed E-state index contributed by atoms with van der Waals surface area (Å²) in [6, 6.07) is 2.71. The summed E-state index contributed by atoms with van der Waals surface area (Å²) in [4.78, 5) is 31.4. The van der Waals surface area contributed by atoms with Crippen LogP contribution in [0.5, 0.6) is 0 Å². The van der Waals surface area contributed by atoms with E-state index < -0.39 is 23.2 Å². The Morgan fingerprint density at radius 2 is 2.08 bits per heavy atom. The maximum atomic E-state index is 15.0. The molecule has 1 aliphatic carbocycles. The van der Waals surface area contributed by atoms with E-state index in [2.05, 4.69) is 11.9 Å². The lowest BCUT2D eigenvalue weighted by molar-refractivity contribution is -0.137. The molecule has 2 aliphatic heterocycles. The van der Waals surface area contributed by atoms with Crippen LogP contribution in [0.2, 0.25) is 0 Å². The molecular formula is C29H30FN3O5. The second kappa shape index (κ2) is 7.97. The monoisotopic (exact) mass is 519 g/mol. The Labute approximate surface area is 218 Å². The van der Waals surface area contributed by atoms with Gasteiger partial charge in [0.25, 0.3) is 11.5 Å². The third kappa shape index (κ3) is 3.24. The smallest absolute Gasteiger partial charge is 0.258 e. The number of ether oxygens (including phenoxy) is 1.